The number of halogens is 1. The fraction of sp³-hybridized carbons (Fsp3) is 0.158. The predicted octanol–water partition coefficient (Wildman–Crippen LogP) is 2.60. The zero-order valence-corrected chi connectivity index (χ0v) is 14.0. The molecule has 132 valence electrons. The number of benzene rings is 1. The Kier molecular flexibility index (Phi) is 5.82. The van der Waals surface area contributed by atoms with Gasteiger partial charge in [0.25, 0.3) is 5.91 Å². The van der Waals surface area contributed by atoms with Crippen molar-refractivity contribution < 1.29 is 9.18 Å². The molecule has 0 spiro atoms. The van der Waals surface area contributed by atoms with Gasteiger partial charge < -0.3 is 10.6 Å². The number of carbonyl (C=O) groups is 1. The summed E-state index contributed by atoms with van der Waals surface area (Å²) in [7, 11) is 0. The van der Waals surface area contributed by atoms with E-state index in [1.165, 1.54) is 12.1 Å². The van der Waals surface area contributed by atoms with Crippen LogP contribution in [0.15, 0.2) is 60.9 Å². The van der Waals surface area contributed by atoms with Gasteiger partial charge in [-0.15, -0.1) is 10.2 Å². The van der Waals surface area contributed by atoms with E-state index >= 15 is 0 Å². The summed E-state index contributed by atoms with van der Waals surface area (Å²) in [5.74, 6) is 0.0238. The van der Waals surface area contributed by atoms with E-state index in [2.05, 4.69) is 25.8 Å². The lowest BCUT2D eigenvalue weighted by Crippen LogP contribution is -2.26. The third-order valence-corrected chi connectivity index (χ3v) is 3.73. The van der Waals surface area contributed by atoms with E-state index in [0.29, 0.717) is 25.3 Å². The molecule has 0 aliphatic carbocycles. The number of nitrogens with zero attached hydrogens (tertiary/aromatic N) is 3. The summed E-state index contributed by atoms with van der Waals surface area (Å²) >= 11 is 0. The lowest BCUT2D eigenvalue weighted by Gasteiger charge is -2.07. The Bertz CT molecular complexity index is 838. The molecule has 0 bridgehead atoms. The van der Waals surface area contributed by atoms with E-state index in [9.17, 15) is 9.18 Å². The van der Waals surface area contributed by atoms with Crippen molar-refractivity contribution in [3.05, 3.63) is 83.6 Å². The van der Waals surface area contributed by atoms with Crippen LogP contribution < -0.4 is 10.6 Å². The van der Waals surface area contributed by atoms with E-state index in [1.54, 1.807) is 36.7 Å². The SMILES string of the molecule is O=C(NCCc1ccc(F)cc1)c1ccc(NCc2ccncc2)nn1. The first kappa shape index (κ1) is 17.5. The summed E-state index contributed by atoms with van der Waals surface area (Å²) in [4.78, 5) is 16.0. The third-order valence-electron chi connectivity index (χ3n) is 3.73. The van der Waals surface area contributed by atoms with E-state index in [-0.39, 0.29) is 17.4 Å². The maximum Gasteiger partial charge on any atom is 0.271 e. The average molecular weight is 351 g/mol. The largest absolute Gasteiger partial charge is 0.365 e. The first-order valence-electron chi connectivity index (χ1n) is 8.20. The second-order valence-electron chi connectivity index (χ2n) is 5.65. The normalized spacial score (nSPS) is 10.3. The quantitative estimate of drug-likeness (QED) is 0.684. The molecule has 0 aliphatic heterocycles. The molecule has 3 rings (SSSR count). The third kappa shape index (κ3) is 5.07. The molecule has 3 aromatic rings. The van der Waals surface area contributed by atoms with Crippen LogP contribution in [-0.4, -0.2) is 27.6 Å². The van der Waals surface area contributed by atoms with Crippen molar-refractivity contribution in [3.8, 4) is 0 Å². The molecule has 2 heterocycles. The lowest BCUT2D eigenvalue weighted by molar-refractivity contribution is 0.0948. The molecule has 2 aromatic heterocycles. The van der Waals surface area contributed by atoms with Crippen LogP contribution in [0.1, 0.15) is 21.6 Å². The van der Waals surface area contributed by atoms with Crippen molar-refractivity contribution in [2.24, 2.45) is 0 Å². The molecule has 6 nitrogen and oxygen atoms in total. The Balaban J connectivity index is 1.46. The fourth-order valence-electron chi connectivity index (χ4n) is 2.30. The fourth-order valence-corrected chi connectivity index (χ4v) is 2.30. The molecule has 1 aromatic carbocycles. The lowest BCUT2D eigenvalue weighted by atomic mass is 10.1. The van der Waals surface area contributed by atoms with Gasteiger partial charge in [0.15, 0.2) is 5.69 Å². The first-order valence-corrected chi connectivity index (χ1v) is 8.20. The Labute approximate surface area is 150 Å². The summed E-state index contributed by atoms with van der Waals surface area (Å²) in [5.41, 5.74) is 2.27. The summed E-state index contributed by atoms with van der Waals surface area (Å²) < 4.78 is 12.8. The van der Waals surface area contributed by atoms with E-state index in [4.69, 9.17) is 0 Å². The number of anilines is 1. The van der Waals surface area contributed by atoms with Gasteiger partial charge in [-0.2, -0.15) is 0 Å². The van der Waals surface area contributed by atoms with Crippen LogP contribution in [-0.2, 0) is 13.0 Å². The minimum Gasteiger partial charge on any atom is -0.365 e. The van der Waals surface area contributed by atoms with Gasteiger partial charge in [0, 0.05) is 25.5 Å². The number of amides is 1. The molecule has 0 aliphatic rings. The van der Waals surface area contributed by atoms with Crippen LogP contribution in [0.25, 0.3) is 0 Å². The van der Waals surface area contributed by atoms with E-state index < -0.39 is 0 Å². The smallest absolute Gasteiger partial charge is 0.271 e. The highest BCUT2D eigenvalue weighted by molar-refractivity contribution is 5.92. The second-order valence-corrected chi connectivity index (χ2v) is 5.65. The highest BCUT2D eigenvalue weighted by Crippen LogP contribution is 2.06. The minimum absolute atomic E-state index is 0.249. The van der Waals surface area contributed by atoms with Crippen LogP contribution >= 0.6 is 0 Å². The topological polar surface area (TPSA) is 79.8 Å². The van der Waals surface area contributed by atoms with Crippen LogP contribution in [0.5, 0.6) is 0 Å². The molecule has 0 radical (unpaired) electrons. The molecule has 0 saturated carbocycles. The van der Waals surface area contributed by atoms with Gasteiger partial charge in [-0.25, -0.2) is 4.39 Å². The molecule has 2 N–H and O–H groups in total. The van der Waals surface area contributed by atoms with Gasteiger partial charge in [0.05, 0.1) is 0 Å². The summed E-state index contributed by atoms with van der Waals surface area (Å²) in [6, 6.07) is 13.3. The number of nitrogens with one attached hydrogen (secondary N) is 2. The van der Waals surface area contributed by atoms with Crippen molar-refractivity contribution >= 4 is 11.7 Å². The van der Waals surface area contributed by atoms with E-state index in [1.807, 2.05) is 12.1 Å². The summed E-state index contributed by atoms with van der Waals surface area (Å²) in [6.45, 7) is 1.04. The molecule has 7 heteroatoms. The molecule has 0 unspecified atom stereocenters. The van der Waals surface area contributed by atoms with Gasteiger partial charge in [0.2, 0.25) is 0 Å². The monoisotopic (exact) mass is 351 g/mol. The van der Waals surface area contributed by atoms with Crippen molar-refractivity contribution in [3.63, 3.8) is 0 Å². The zero-order valence-electron chi connectivity index (χ0n) is 14.0. The Morgan fingerprint density at radius 1 is 0.923 bits per heavy atom. The standard InChI is InChI=1S/C19H18FN5O/c20-16-3-1-14(2-4-16)9-12-22-19(26)17-5-6-18(25-24-17)23-13-15-7-10-21-11-8-15/h1-8,10-11H,9,12-13H2,(H,22,26)(H,23,25). The van der Waals surface area contributed by atoms with Crippen LogP contribution in [0.4, 0.5) is 10.2 Å². The molecule has 0 saturated heterocycles. The van der Waals surface area contributed by atoms with Gasteiger partial charge in [-0.05, 0) is 53.9 Å². The number of hydrogen-bond donors (Lipinski definition) is 2. The predicted molar refractivity (Wildman–Crippen MR) is 96.0 cm³/mol. The summed E-state index contributed by atoms with van der Waals surface area (Å²) in [6.07, 6.45) is 4.06. The van der Waals surface area contributed by atoms with Crippen LogP contribution in [0.2, 0.25) is 0 Å². The number of pyridine rings is 1. The van der Waals surface area contributed by atoms with Gasteiger partial charge in [0.1, 0.15) is 11.6 Å². The minimum atomic E-state index is -0.291. The molecular weight excluding hydrogens is 333 g/mol. The highest BCUT2D eigenvalue weighted by Gasteiger charge is 2.07. The Morgan fingerprint density at radius 3 is 2.38 bits per heavy atom. The highest BCUT2D eigenvalue weighted by atomic mass is 19.1. The molecule has 0 atom stereocenters. The molecule has 0 fully saturated rings. The van der Waals surface area contributed by atoms with Gasteiger partial charge in [-0.1, -0.05) is 12.1 Å². The van der Waals surface area contributed by atoms with Gasteiger partial charge >= 0.3 is 0 Å². The first-order chi connectivity index (χ1) is 12.7. The molecule has 26 heavy (non-hydrogen) atoms. The number of aromatic nitrogens is 3. The van der Waals surface area contributed by atoms with Crippen LogP contribution in [0.3, 0.4) is 0 Å². The Morgan fingerprint density at radius 2 is 1.69 bits per heavy atom. The second kappa shape index (κ2) is 8.66. The molecule has 1 amide bonds. The molecular formula is C19H18FN5O. The maximum absolute atomic E-state index is 12.8. The van der Waals surface area contributed by atoms with Crippen molar-refractivity contribution in [1.82, 2.24) is 20.5 Å². The number of rotatable bonds is 7. The van der Waals surface area contributed by atoms with Crippen molar-refractivity contribution in [1.29, 1.82) is 0 Å². The van der Waals surface area contributed by atoms with E-state index in [0.717, 1.165) is 11.1 Å². The van der Waals surface area contributed by atoms with Crippen LogP contribution in [0, 0.1) is 5.82 Å². The average Bonchev–Trinajstić information content (AvgIpc) is 2.69. The number of hydrogen-bond acceptors (Lipinski definition) is 5. The number of carbonyl (C=O) groups excluding carboxylic acids is 1. The van der Waals surface area contributed by atoms with Gasteiger partial charge in [-0.3, -0.25) is 9.78 Å². The zero-order chi connectivity index (χ0) is 18.2. The van der Waals surface area contributed by atoms with Crippen molar-refractivity contribution in [2.75, 3.05) is 11.9 Å². The maximum atomic E-state index is 12.8. The summed E-state index contributed by atoms with van der Waals surface area (Å²) in [5, 5.41) is 13.9. The van der Waals surface area contributed by atoms with Crippen molar-refractivity contribution in [2.45, 2.75) is 13.0 Å². The Hall–Kier alpha value is -3.35.